The number of unbranched alkanes of at least 4 members (excludes halogenated alkanes) is 23. The van der Waals surface area contributed by atoms with Gasteiger partial charge in [0.2, 0.25) is 0 Å². The molecule has 1 N–H and O–H groups in total. The summed E-state index contributed by atoms with van der Waals surface area (Å²) in [6, 6.07) is 0. The van der Waals surface area contributed by atoms with E-state index in [4.69, 9.17) is 18.5 Å². The standard InChI is InChI=1S/C39H75O8P/c1-4-7-9-11-13-15-17-19-20-22-24-26-28-30-32-34-39(41)47-37(36-46-48(42,43)45-6-3)35-44-38(40)33-31-29-27-25-23-21-18-16-14-12-10-8-5-2/h13,15,37H,4-12,14,16-36H2,1-3H3,(H,42,43). The SMILES string of the molecule is CCCCCC=CCCCCCCCCCCC(=O)OC(COC(=O)CCCCCCCCCCCCCCC)COP(=O)(O)OCC. The molecule has 48 heavy (non-hydrogen) atoms. The summed E-state index contributed by atoms with van der Waals surface area (Å²) in [5.74, 6) is -0.793. The second kappa shape index (κ2) is 35.6. The van der Waals surface area contributed by atoms with Crippen molar-refractivity contribution in [1.29, 1.82) is 0 Å². The Labute approximate surface area is 295 Å². The molecule has 0 aliphatic carbocycles. The van der Waals surface area contributed by atoms with E-state index < -0.39 is 19.9 Å². The molecule has 9 heteroatoms. The number of rotatable bonds is 37. The molecule has 0 aromatic carbocycles. The number of carbonyl (C=O) groups excluding carboxylic acids is 2. The van der Waals surface area contributed by atoms with Crippen LogP contribution >= 0.6 is 7.82 Å². The Balaban J connectivity index is 4.11. The van der Waals surface area contributed by atoms with Gasteiger partial charge < -0.3 is 14.4 Å². The number of hydrogen-bond acceptors (Lipinski definition) is 7. The van der Waals surface area contributed by atoms with Gasteiger partial charge in [-0.2, -0.15) is 0 Å². The minimum atomic E-state index is -4.27. The molecular weight excluding hydrogens is 627 g/mol. The van der Waals surface area contributed by atoms with E-state index in [9.17, 15) is 19.0 Å². The molecule has 0 aromatic heterocycles. The molecule has 0 saturated heterocycles. The van der Waals surface area contributed by atoms with Crippen molar-refractivity contribution in [3.63, 3.8) is 0 Å². The number of phosphoric ester groups is 1. The van der Waals surface area contributed by atoms with Gasteiger partial charge in [0.1, 0.15) is 6.61 Å². The van der Waals surface area contributed by atoms with Crippen LogP contribution in [0.1, 0.15) is 201 Å². The summed E-state index contributed by atoms with van der Waals surface area (Å²) in [5.41, 5.74) is 0. The van der Waals surface area contributed by atoms with Crippen LogP contribution in [-0.2, 0) is 32.7 Å². The van der Waals surface area contributed by atoms with Gasteiger partial charge in [0, 0.05) is 12.8 Å². The molecule has 0 aromatic rings. The monoisotopic (exact) mass is 703 g/mol. The lowest BCUT2D eigenvalue weighted by Gasteiger charge is -2.19. The lowest BCUT2D eigenvalue weighted by molar-refractivity contribution is -0.161. The van der Waals surface area contributed by atoms with Crippen molar-refractivity contribution in [2.24, 2.45) is 0 Å². The number of esters is 2. The predicted octanol–water partition coefficient (Wildman–Crippen LogP) is 12.1. The first-order chi connectivity index (χ1) is 23.3. The molecule has 0 spiro atoms. The highest BCUT2D eigenvalue weighted by atomic mass is 31.2. The van der Waals surface area contributed by atoms with Gasteiger partial charge in [-0.3, -0.25) is 18.6 Å². The van der Waals surface area contributed by atoms with Crippen molar-refractivity contribution in [3.05, 3.63) is 12.2 Å². The molecule has 0 fully saturated rings. The molecule has 0 aliphatic rings. The van der Waals surface area contributed by atoms with E-state index in [1.807, 2.05) is 0 Å². The minimum Gasteiger partial charge on any atom is -0.462 e. The van der Waals surface area contributed by atoms with Gasteiger partial charge in [-0.15, -0.1) is 0 Å². The molecule has 0 rings (SSSR count). The molecule has 0 saturated carbocycles. The molecule has 0 bridgehead atoms. The molecule has 0 heterocycles. The molecule has 8 nitrogen and oxygen atoms in total. The second-order valence-electron chi connectivity index (χ2n) is 13.3. The van der Waals surface area contributed by atoms with Crippen LogP contribution in [0.15, 0.2) is 12.2 Å². The maximum absolute atomic E-state index is 12.5. The largest absolute Gasteiger partial charge is 0.472 e. The molecule has 284 valence electrons. The molecule has 0 aliphatic heterocycles. The average molecular weight is 703 g/mol. The number of ether oxygens (including phenoxy) is 2. The highest BCUT2D eigenvalue weighted by Crippen LogP contribution is 2.43. The number of allylic oxidation sites excluding steroid dienone is 2. The topological polar surface area (TPSA) is 108 Å². The van der Waals surface area contributed by atoms with Gasteiger partial charge in [0.15, 0.2) is 6.10 Å². The van der Waals surface area contributed by atoms with Crippen molar-refractivity contribution < 1.29 is 37.6 Å². The van der Waals surface area contributed by atoms with Crippen molar-refractivity contribution >= 4 is 19.8 Å². The Bertz CT molecular complexity index is 803. The van der Waals surface area contributed by atoms with Crippen LogP contribution in [0.25, 0.3) is 0 Å². The maximum Gasteiger partial charge on any atom is 0.472 e. The van der Waals surface area contributed by atoms with Crippen molar-refractivity contribution in [1.82, 2.24) is 0 Å². The van der Waals surface area contributed by atoms with Gasteiger partial charge in [-0.1, -0.05) is 154 Å². The zero-order chi connectivity index (χ0) is 35.4. The number of phosphoric acid groups is 1. The lowest BCUT2D eigenvalue weighted by Crippen LogP contribution is -2.29. The van der Waals surface area contributed by atoms with Crippen LogP contribution in [-0.4, -0.2) is 42.8 Å². The van der Waals surface area contributed by atoms with Crippen LogP contribution in [0.3, 0.4) is 0 Å². The van der Waals surface area contributed by atoms with Gasteiger partial charge in [0.25, 0.3) is 0 Å². The fraction of sp³-hybridized carbons (Fsp3) is 0.897. The van der Waals surface area contributed by atoms with Crippen molar-refractivity contribution in [3.8, 4) is 0 Å². The number of hydrogen-bond donors (Lipinski definition) is 1. The highest BCUT2D eigenvalue weighted by Gasteiger charge is 2.25. The van der Waals surface area contributed by atoms with Crippen LogP contribution in [0, 0.1) is 0 Å². The molecule has 2 atom stereocenters. The van der Waals surface area contributed by atoms with Crippen LogP contribution in [0.4, 0.5) is 0 Å². The zero-order valence-electron chi connectivity index (χ0n) is 31.4. The third kappa shape index (κ3) is 34.6. The third-order valence-electron chi connectivity index (χ3n) is 8.57. The van der Waals surface area contributed by atoms with Crippen LogP contribution in [0.2, 0.25) is 0 Å². The fourth-order valence-corrected chi connectivity index (χ4v) is 6.38. The fourth-order valence-electron chi connectivity index (χ4n) is 5.62. The van der Waals surface area contributed by atoms with Gasteiger partial charge in [-0.25, -0.2) is 4.57 Å². The first-order valence-corrected chi connectivity index (χ1v) is 21.5. The summed E-state index contributed by atoms with van der Waals surface area (Å²) in [4.78, 5) is 34.6. The Hall–Kier alpha value is -1.21. The summed E-state index contributed by atoms with van der Waals surface area (Å²) in [6.07, 6.45) is 35.4. The summed E-state index contributed by atoms with van der Waals surface area (Å²) >= 11 is 0. The molecule has 0 amide bonds. The first-order valence-electron chi connectivity index (χ1n) is 20.0. The van der Waals surface area contributed by atoms with E-state index in [1.54, 1.807) is 6.92 Å². The van der Waals surface area contributed by atoms with E-state index in [2.05, 4.69) is 26.0 Å². The van der Waals surface area contributed by atoms with Crippen LogP contribution < -0.4 is 0 Å². The summed E-state index contributed by atoms with van der Waals surface area (Å²) in [5, 5.41) is 0. The quantitative estimate of drug-likeness (QED) is 0.0295. The van der Waals surface area contributed by atoms with Crippen LogP contribution in [0.5, 0.6) is 0 Å². The van der Waals surface area contributed by atoms with Crippen molar-refractivity contribution in [2.75, 3.05) is 19.8 Å². The summed E-state index contributed by atoms with van der Waals surface area (Å²) in [7, 11) is -4.27. The van der Waals surface area contributed by atoms with Crippen molar-refractivity contribution in [2.45, 2.75) is 207 Å². The summed E-state index contributed by atoms with van der Waals surface area (Å²) < 4.78 is 32.6. The second-order valence-corrected chi connectivity index (χ2v) is 14.8. The average Bonchev–Trinajstić information content (AvgIpc) is 3.06. The first kappa shape index (κ1) is 46.8. The number of carbonyl (C=O) groups is 2. The van der Waals surface area contributed by atoms with Gasteiger partial charge >= 0.3 is 19.8 Å². The van der Waals surface area contributed by atoms with E-state index in [1.165, 1.54) is 122 Å². The normalized spacial score (nSPS) is 13.5. The maximum atomic E-state index is 12.5. The predicted molar refractivity (Wildman–Crippen MR) is 198 cm³/mol. The highest BCUT2D eigenvalue weighted by molar-refractivity contribution is 7.47. The Morgan fingerprint density at radius 3 is 1.42 bits per heavy atom. The Kier molecular flexibility index (Phi) is 34.7. The molecule has 2 unspecified atom stereocenters. The van der Waals surface area contributed by atoms with E-state index >= 15 is 0 Å². The smallest absolute Gasteiger partial charge is 0.462 e. The summed E-state index contributed by atoms with van der Waals surface area (Å²) in [6.45, 7) is 5.46. The molecule has 0 radical (unpaired) electrons. The third-order valence-corrected chi connectivity index (χ3v) is 9.63. The van der Waals surface area contributed by atoms with Gasteiger partial charge in [0.05, 0.1) is 13.2 Å². The Morgan fingerprint density at radius 2 is 0.938 bits per heavy atom. The zero-order valence-corrected chi connectivity index (χ0v) is 32.3. The Morgan fingerprint density at radius 1 is 0.542 bits per heavy atom. The molecular formula is C39H75O8P. The van der Waals surface area contributed by atoms with Gasteiger partial charge in [-0.05, 0) is 45.4 Å². The minimum absolute atomic E-state index is 0.00286. The van der Waals surface area contributed by atoms with E-state index in [-0.39, 0.29) is 32.2 Å². The lowest BCUT2D eigenvalue weighted by atomic mass is 10.0. The van der Waals surface area contributed by atoms with E-state index in [0.29, 0.717) is 12.8 Å². The van der Waals surface area contributed by atoms with E-state index in [0.717, 1.165) is 38.5 Å².